The van der Waals surface area contributed by atoms with Gasteiger partial charge in [0, 0.05) is 32.1 Å². The molecule has 0 aliphatic carbocycles. The smallest absolute Gasteiger partial charge is 0.303 e. The van der Waals surface area contributed by atoms with E-state index in [9.17, 15) is 4.79 Å². The number of carboxylic acids is 1. The summed E-state index contributed by atoms with van der Waals surface area (Å²) in [5.74, 6) is 1.53. The number of carbonyl (C=O) groups is 1. The first kappa shape index (κ1) is 15.2. The van der Waals surface area contributed by atoms with Crippen LogP contribution in [0.15, 0.2) is 6.07 Å². The van der Waals surface area contributed by atoms with Gasteiger partial charge in [0.2, 0.25) is 0 Å². The number of hydrogen-bond acceptors (Lipinski definition) is 5. The molecule has 6 nitrogen and oxygen atoms in total. The fourth-order valence-electron chi connectivity index (χ4n) is 1.70. The standard InChI is InChI=1S/C13H22N4O2/c1-9(2)14-11-8-12(16-10(3)15-11)17(4)7-5-6-13(18)19/h8-9H,5-7H2,1-4H3,(H,18,19)(H,14,15,16). The van der Waals surface area contributed by atoms with E-state index in [4.69, 9.17) is 5.11 Å². The quantitative estimate of drug-likeness (QED) is 0.785. The molecule has 0 bridgehead atoms. The van der Waals surface area contributed by atoms with E-state index in [1.54, 1.807) is 0 Å². The Hall–Kier alpha value is -1.85. The summed E-state index contributed by atoms with van der Waals surface area (Å²) in [4.78, 5) is 21.1. The molecule has 0 radical (unpaired) electrons. The highest BCUT2D eigenvalue weighted by molar-refractivity contribution is 5.66. The summed E-state index contributed by atoms with van der Waals surface area (Å²) < 4.78 is 0. The zero-order chi connectivity index (χ0) is 14.4. The van der Waals surface area contributed by atoms with E-state index in [1.807, 2.05) is 38.8 Å². The highest BCUT2D eigenvalue weighted by Crippen LogP contribution is 2.15. The molecule has 1 aromatic rings. The van der Waals surface area contributed by atoms with Gasteiger partial charge in [-0.3, -0.25) is 4.79 Å². The second kappa shape index (κ2) is 6.92. The first-order valence-electron chi connectivity index (χ1n) is 6.43. The lowest BCUT2D eigenvalue weighted by molar-refractivity contribution is -0.137. The summed E-state index contributed by atoms with van der Waals surface area (Å²) in [5.41, 5.74) is 0. The first-order valence-corrected chi connectivity index (χ1v) is 6.43. The van der Waals surface area contributed by atoms with Crippen LogP contribution in [0.1, 0.15) is 32.5 Å². The number of aryl methyl sites for hydroxylation is 1. The lowest BCUT2D eigenvalue weighted by Crippen LogP contribution is -2.22. The van der Waals surface area contributed by atoms with E-state index >= 15 is 0 Å². The molecule has 0 aliphatic rings. The normalized spacial score (nSPS) is 10.6. The molecule has 0 fully saturated rings. The van der Waals surface area contributed by atoms with Crippen LogP contribution in [0.5, 0.6) is 0 Å². The van der Waals surface area contributed by atoms with Gasteiger partial charge in [0.05, 0.1) is 0 Å². The second-order valence-corrected chi connectivity index (χ2v) is 4.88. The Balaban J connectivity index is 2.70. The number of nitrogens with zero attached hydrogens (tertiary/aromatic N) is 3. The van der Waals surface area contributed by atoms with E-state index < -0.39 is 5.97 Å². The molecule has 106 valence electrons. The second-order valence-electron chi connectivity index (χ2n) is 4.88. The molecular weight excluding hydrogens is 244 g/mol. The highest BCUT2D eigenvalue weighted by Gasteiger charge is 2.08. The van der Waals surface area contributed by atoms with Crippen molar-refractivity contribution in [3.63, 3.8) is 0 Å². The van der Waals surface area contributed by atoms with Crippen molar-refractivity contribution in [2.75, 3.05) is 23.8 Å². The molecule has 0 unspecified atom stereocenters. The van der Waals surface area contributed by atoms with E-state index in [2.05, 4.69) is 15.3 Å². The van der Waals surface area contributed by atoms with Gasteiger partial charge in [0.15, 0.2) is 0 Å². The number of nitrogens with one attached hydrogen (secondary N) is 1. The molecule has 1 heterocycles. The molecule has 0 saturated carbocycles. The summed E-state index contributed by atoms with van der Waals surface area (Å²) in [6.07, 6.45) is 0.771. The van der Waals surface area contributed by atoms with Crippen molar-refractivity contribution in [2.24, 2.45) is 0 Å². The van der Waals surface area contributed by atoms with Crippen LogP contribution in [0, 0.1) is 6.92 Å². The number of aromatic nitrogens is 2. The van der Waals surface area contributed by atoms with Gasteiger partial charge in [-0.05, 0) is 27.2 Å². The van der Waals surface area contributed by atoms with Crippen molar-refractivity contribution in [1.29, 1.82) is 0 Å². The van der Waals surface area contributed by atoms with Gasteiger partial charge >= 0.3 is 5.97 Å². The molecule has 6 heteroatoms. The van der Waals surface area contributed by atoms with Crippen molar-refractivity contribution < 1.29 is 9.90 Å². The van der Waals surface area contributed by atoms with Crippen LogP contribution in [0.4, 0.5) is 11.6 Å². The van der Waals surface area contributed by atoms with E-state index in [0.717, 1.165) is 11.6 Å². The minimum absolute atomic E-state index is 0.172. The molecule has 2 N–H and O–H groups in total. The third-order valence-electron chi connectivity index (χ3n) is 2.54. The number of anilines is 2. The summed E-state index contributed by atoms with van der Waals surface area (Å²) in [6.45, 7) is 6.60. The van der Waals surface area contributed by atoms with Crippen LogP contribution >= 0.6 is 0 Å². The van der Waals surface area contributed by atoms with Crippen molar-refractivity contribution in [1.82, 2.24) is 9.97 Å². The topological polar surface area (TPSA) is 78.4 Å². The predicted octanol–water partition coefficient (Wildman–Crippen LogP) is 1.91. The van der Waals surface area contributed by atoms with Crippen LogP contribution in [0.25, 0.3) is 0 Å². The molecule has 1 aromatic heterocycles. The van der Waals surface area contributed by atoms with E-state index in [0.29, 0.717) is 24.8 Å². The zero-order valence-corrected chi connectivity index (χ0v) is 12.0. The fourth-order valence-corrected chi connectivity index (χ4v) is 1.70. The molecule has 1 rings (SSSR count). The Morgan fingerprint density at radius 3 is 2.74 bits per heavy atom. The Labute approximate surface area is 113 Å². The largest absolute Gasteiger partial charge is 0.481 e. The Morgan fingerprint density at radius 2 is 2.16 bits per heavy atom. The minimum atomic E-state index is -0.769. The maximum absolute atomic E-state index is 10.5. The Kier molecular flexibility index (Phi) is 5.54. The third-order valence-corrected chi connectivity index (χ3v) is 2.54. The van der Waals surface area contributed by atoms with E-state index in [1.165, 1.54) is 0 Å². The number of aliphatic carboxylic acids is 1. The molecular formula is C13H22N4O2. The van der Waals surface area contributed by atoms with Gasteiger partial charge in [-0.15, -0.1) is 0 Å². The monoisotopic (exact) mass is 266 g/mol. The Bertz CT molecular complexity index is 435. The van der Waals surface area contributed by atoms with Gasteiger partial charge in [-0.1, -0.05) is 0 Å². The first-order chi connectivity index (χ1) is 8.88. The van der Waals surface area contributed by atoms with Crippen LogP contribution in [0.3, 0.4) is 0 Å². The molecule has 0 aliphatic heterocycles. The molecule has 0 saturated heterocycles. The average molecular weight is 266 g/mol. The van der Waals surface area contributed by atoms with Crippen molar-refractivity contribution in [2.45, 2.75) is 39.7 Å². The van der Waals surface area contributed by atoms with Crippen LogP contribution < -0.4 is 10.2 Å². The number of carboxylic acid groups (broad SMARTS) is 1. The molecule has 19 heavy (non-hydrogen) atoms. The third kappa shape index (κ3) is 5.54. The van der Waals surface area contributed by atoms with Crippen molar-refractivity contribution in [3.05, 3.63) is 11.9 Å². The molecule has 0 amide bonds. The van der Waals surface area contributed by atoms with Gasteiger partial charge in [0.25, 0.3) is 0 Å². The van der Waals surface area contributed by atoms with Gasteiger partial charge in [0.1, 0.15) is 17.5 Å². The number of hydrogen-bond donors (Lipinski definition) is 2. The zero-order valence-electron chi connectivity index (χ0n) is 12.0. The van der Waals surface area contributed by atoms with E-state index in [-0.39, 0.29) is 6.42 Å². The van der Waals surface area contributed by atoms with Crippen LogP contribution in [0.2, 0.25) is 0 Å². The Morgan fingerprint density at radius 1 is 1.47 bits per heavy atom. The van der Waals surface area contributed by atoms with Crippen LogP contribution in [-0.4, -0.2) is 40.7 Å². The van der Waals surface area contributed by atoms with Gasteiger partial charge in [-0.25, -0.2) is 9.97 Å². The van der Waals surface area contributed by atoms with Gasteiger partial charge in [-0.2, -0.15) is 0 Å². The summed E-state index contributed by atoms with van der Waals surface area (Å²) in [5, 5.41) is 11.9. The molecule has 0 aromatic carbocycles. The minimum Gasteiger partial charge on any atom is -0.481 e. The molecule has 0 atom stereocenters. The lowest BCUT2D eigenvalue weighted by atomic mass is 10.3. The summed E-state index contributed by atoms with van der Waals surface area (Å²) >= 11 is 0. The summed E-state index contributed by atoms with van der Waals surface area (Å²) in [7, 11) is 1.91. The lowest BCUT2D eigenvalue weighted by Gasteiger charge is -2.19. The molecule has 0 spiro atoms. The highest BCUT2D eigenvalue weighted by atomic mass is 16.4. The van der Waals surface area contributed by atoms with Crippen molar-refractivity contribution >= 4 is 17.6 Å². The van der Waals surface area contributed by atoms with Crippen molar-refractivity contribution in [3.8, 4) is 0 Å². The SMILES string of the molecule is Cc1nc(NC(C)C)cc(N(C)CCCC(=O)O)n1. The summed E-state index contributed by atoms with van der Waals surface area (Å²) in [6, 6.07) is 2.19. The van der Waals surface area contributed by atoms with Crippen LogP contribution in [-0.2, 0) is 4.79 Å². The fraction of sp³-hybridized carbons (Fsp3) is 0.615. The van der Waals surface area contributed by atoms with Gasteiger partial charge < -0.3 is 15.3 Å². The maximum atomic E-state index is 10.5. The average Bonchev–Trinajstić information content (AvgIpc) is 2.26. The predicted molar refractivity (Wildman–Crippen MR) is 75.7 cm³/mol. The maximum Gasteiger partial charge on any atom is 0.303 e. The number of rotatable bonds is 7.